The summed E-state index contributed by atoms with van der Waals surface area (Å²) >= 11 is 0. The van der Waals surface area contributed by atoms with E-state index in [9.17, 15) is 8.78 Å². The van der Waals surface area contributed by atoms with Crippen LogP contribution in [-0.2, 0) is 12.8 Å². The van der Waals surface area contributed by atoms with E-state index in [0.717, 1.165) is 11.5 Å². The third-order valence-electron chi connectivity index (χ3n) is 7.35. The van der Waals surface area contributed by atoms with Gasteiger partial charge < -0.3 is 4.74 Å². The highest BCUT2D eigenvalue weighted by molar-refractivity contribution is 5.64. The molecule has 0 radical (unpaired) electrons. The van der Waals surface area contributed by atoms with E-state index >= 15 is 0 Å². The summed E-state index contributed by atoms with van der Waals surface area (Å²) in [7, 11) is 0. The monoisotopic (exact) mass is 474 g/mol. The Morgan fingerprint density at radius 2 is 1.46 bits per heavy atom. The van der Waals surface area contributed by atoms with Crippen LogP contribution in [0, 0.1) is 17.6 Å². The summed E-state index contributed by atoms with van der Waals surface area (Å²) in [6, 6.07) is 20.5. The van der Waals surface area contributed by atoms with E-state index in [0.29, 0.717) is 24.3 Å². The third kappa shape index (κ3) is 6.39. The molecule has 0 bridgehead atoms. The topological polar surface area (TPSA) is 9.23 Å². The third-order valence-corrected chi connectivity index (χ3v) is 7.35. The molecule has 1 fully saturated rings. The quantitative estimate of drug-likeness (QED) is 0.281. The second-order valence-electron chi connectivity index (χ2n) is 9.76. The van der Waals surface area contributed by atoms with Gasteiger partial charge >= 0.3 is 0 Å². The van der Waals surface area contributed by atoms with Gasteiger partial charge in [0.2, 0.25) is 5.82 Å². The number of hydrogen-bond acceptors (Lipinski definition) is 1. The van der Waals surface area contributed by atoms with Gasteiger partial charge in [-0.1, -0.05) is 80.4 Å². The summed E-state index contributed by atoms with van der Waals surface area (Å²) in [6.07, 6.45) is 12.1. The van der Waals surface area contributed by atoms with Crippen LogP contribution in [0.3, 0.4) is 0 Å². The van der Waals surface area contributed by atoms with E-state index in [4.69, 9.17) is 4.74 Å². The summed E-state index contributed by atoms with van der Waals surface area (Å²) in [6.45, 7) is 4.04. The Morgan fingerprint density at radius 3 is 2.09 bits per heavy atom. The van der Waals surface area contributed by atoms with Crippen LogP contribution in [0.2, 0.25) is 0 Å². The first kappa shape index (κ1) is 25.2. The Balaban J connectivity index is 1.34. The van der Waals surface area contributed by atoms with Crippen molar-refractivity contribution in [3.05, 3.63) is 101 Å². The Labute approximate surface area is 208 Å². The van der Waals surface area contributed by atoms with E-state index in [1.165, 1.54) is 67.5 Å². The lowest BCUT2D eigenvalue weighted by atomic mass is 9.77. The molecule has 35 heavy (non-hydrogen) atoms. The fourth-order valence-corrected chi connectivity index (χ4v) is 5.28. The molecule has 1 aliphatic rings. The number of aryl methyl sites for hydroxylation is 2. The van der Waals surface area contributed by atoms with Crippen molar-refractivity contribution in [2.75, 3.05) is 0 Å². The van der Waals surface area contributed by atoms with Crippen molar-refractivity contribution < 1.29 is 13.5 Å². The highest BCUT2D eigenvalue weighted by atomic mass is 19.2. The Bertz CT molecular complexity index is 1110. The molecule has 3 aromatic carbocycles. The molecule has 0 aliphatic heterocycles. The predicted molar refractivity (Wildman–Crippen MR) is 141 cm³/mol. The Morgan fingerprint density at radius 1 is 0.800 bits per heavy atom. The molecule has 0 atom stereocenters. The lowest BCUT2D eigenvalue weighted by Gasteiger charge is -2.28. The SMILES string of the molecule is CC=COc1ccc(CCc2ccc(-c3ccc(C4CCC(CCC)CC4)cc3)cc2)c(F)c1F. The largest absolute Gasteiger partial charge is 0.462 e. The summed E-state index contributed by atoms with van der Waals surface area (Å²) in [4.78, 5) is 0. The highest BCUT2D eigenvalue weighted by Crippen LogP contribution is 2.38. The number of ether oxygens (including phenoxy) is 1. The number of benzene rings is 3. The maximum absolute atomic E-state index is 14.4. The summed E-state index contributed by atoms with van der Waals surface area (Å²) < 4.78 is 33.7. The van der Waals surface area contributed by atoms with Crippen LogP contribution in [0.5, 0.6) is 5.75 Å². The van der Waals surface area contributed by atoms with Crippen LogP contribution in [0.15, 0.2) is 73.0 Å². The minimum Gasteiger partial charge on any atom is -0.462 e. The number of hydrogen-bond donors (Lipinski definition) is 0. The van der Waals surface area contributed by atoms with E-state index < -0.39 is 11.6 Å². The van der Waals surface area contributed by atoms with Crippen LogP contribution in [0.1, 0.15) is 75.0 Å². The maximum atomic E-state index is 14.4. The molecule has 1 saturated carbocycles. The molecule has 3 heteroatoms. The molecule has 1 nitrogen and oxygen atoms in total. The van der Waals surface area contributed by atoms with Gasteiger partial charge in [-0.2, -0.15) is 4.39 Å². The predicted octanol–water partition coefficient (Wildman–Crippen LogP) is 9.40. The van der Waals surface area contributed by atoms with Crippen molar-refractivity contribution in [3.8, 4) is 16.9 Å². The Kier molecular flexibility index (Phi) is 8.74. The van der Waals surface area contributed by atoms with Crippen molar-refractivity contribution in [2.45, 2.75) is 71.1 Å². The normalized spacial score (nSPS) is 18.2. The van der Waals surface area contributed by atoms with E-state index in [1.807, 2.05) is 0 Å². The molecule has 0 aromatic heterocycles. The van der Waals surface area contributed by atoms with Crippen LogP contribution in [-0.4, -0.2) is 0 Å². The first-order valence-corrected chi connectivity index (χ1v) is 13.0. The molecular formula is C32H36F2O. The minimum atomic E-state index is -0.937. The molecule has 4 rings (SSSR count). The van der Waals surface area contributed by atoms with Gasteiger partial charge in [-0.05, 0) is 91.2 Å². The number of halogens is 2. The molecule has 0 heterocycles. The summed E-state index contributed by atoms with van der Waals surface area (Å²) in [5, 5.41) is 0. The fourth-order valence-electron chi connectivity index (χ4n) is 5.28. The molecule has 184 valence electrons. The van der Waals surface area contributed by atoms with Crippen LogP contribution >= 0.6 is 0 Å². The lowest BCUT2D eigenvalue weighted by molar-refractivity contribution is 0.308. The number of rotatable bonds is 9. The van der Waals surface area contributed by atoms with Gasteiger partial charge in [0.05, 0.1) is 6.26 Å². The Hall–Kier alpha value is -2.94. The summed E-state index contributed by atoms with van der Waals surface area (Å²) in [5.74, 6) is -0.227. The average Bonchev–Trinajstić information content (AvgIpc) is 2.90. The lowest BCUT2D eigenvalue weighted by Crippen LogP contribution is -2.13. The molecule has 0 spiro atoms. The molecule has 0 saturated heterocycles. The van der Waals surface area contributed by atoms with Gasteiger partial charge in [-0.25, -0.2) is 4.39 Å². The summed E-state index contributed by atoms with van der Waals surface area (Å²) in [5.41, 5.74) is 5.32. The minimum absolute atomic E-state index is 0.0936. The van der Waals surface area contributed by atoms with E-state index in [-0.39, 0.29) is 5.75 Å². The molecule has 0 amide bonds. The van der Waals surface area contributed by atoms with Crippen LogP contribution < -0.4 is 4.74 Å². The van der Waals surface area contributed by atoms with Gasteiger partial charge in [-0.3, -0.25) is 0 Å². The van der Waals surface area contributed by atoms with E-state index in [1.54, 1.807) is 19.1 Å². The van der Waals surface area contributed by atoms with Crippen molar-refractivity contribution >= 4 is 0 Å². The highest BCUT2D eigenvalue weighted by Gasteiger charge is 2.21. The maximum Gasteiger partial charge on any atom is 0.201 e. The molecule has 1 aliphatic carbocycles. The molecular weight excluding hydrogens is 438 g/mol. The van der Waals surface area contributed by atoms with Crippen molar-refractivity contribution in [1.29, 1.82) is 0 Å². The smallest absolute Gasteiger partial charge is 0.201 e. The van der Waals surface area contributed by atoms with Gasteiger partial charge in [0.1, 0.15) is 0 Å². The first-order chi connectivity index (χ1) is 17.1. The van der Waals surface area contributed by atoms with Gasteiger partial charge in [0.25, 0.3) is 0 Å². The zero-order valence-electron chi connectivity index (χ0n) is 20.9. The standard InChI is InChI=1S/C32H36F2O/c1-3-5-23-6-11-25(12-7-23)27-16-18-28(19-17-27)26-13-8-24(9-14-26)10-15-29-20-21-30(35-22-4-2)32(34)31(29)33/h4,8-9,13-14,16-23,25H,3,5-7,10-12,15H2,1-2H3. The van der Waals surface area contributed by atoms with Crippen molar-refractivity contribution in [2.24, 2.45) is 5.92 Å². The molecule has 0 unspecified atom stereocenters. The zero-order chi connectivity index (χ0) is 24.6. The zero-order valence-corrected chi connectivity index (χ0v) is 20.9. The van der Waals surface area contributed by atoms with Crippen molar-refractivity contribution in [1.82, 2.24) is 0 Å². The van der Waals surface area contributed by atoms with Gasteiger partial charge in [-0.15, -0.1) is 0 Å². The van der Waals surface area contributed by atoms with E-state index in [2.05, 4.69) is 55.5 Å². The molecule has 3 aromatic rings. The second kappa shape index (κ2) is 12.2. The van der Waals surface area contributed by atoms with Gasteiger partial charge in [0, 0.05) is 0 Å². The second-order valence-corrected chi connectivity index (χ2v) is 9.76. The van der Waals surface area contributed by atoms with Gasteiger partial charge in [0.15, 0.2) is 11.6 Å². The van der Waals surface area contributed by atoms with Crippen molar-refractivity contribution in [3.63, 3.8) is 0 Å². The number of allylic oxidation sites excluding steroid dienone is 1. The first-order valence-electron chi connectivity index (χ1n) is 13.0. The fraction of sp³-hybridized carbons (Fsp3) is 0.375. The average molecular weight is 475 g/mol. The van der Waals surface area contributed by atoms with Crippen LogP contribution in [0.25, 0.3) is 11.1 Å². The van der Waals surface area contributed by atoms with Crippen LogP contribution in [0.4, 0.5) is 8.78 Å². The molecule has 0 N–H and O–H groups in total.